The summed E-state index contributed by atoms with van der Waals surface area (Å²) in [5.41, 5.74) is 0.831. The fraction of sp³-hybridized carbons (Fsp3) is 0.480. The fourth-order valence-corrected chi connectivity index (χ4v) is 7.28. The summed E-state index contributed by atoms with van der Waals surface area (Å²) >= 11 is 0. The highest BCUT2D eigenvalue weighted by Gasteiger charge is 2.64. The van der Waals surface area contributed by atoms with Gasteiger partial charge in [-0.1, -0.05) is 49.4 Å². The van der Waals surface area contributed by atoms with E-state index in [9.17, 15) is 4.79 Å². The predicted octanol–water partition coefficient (Wildman–Crippen LogP) is 5.48. The van der Waals surface area contributed by atoms with Crippen molar-refractivity contribution in [3.8, 4) is 0 Å². The third-order valence-corrected chi connectivity index (χ3v) is 8.29. The van der Waals surface area contributed by atoms with Gasteiger partial charge in [-0.15, -0.1) is 0 Å². The Morgan fingerprint density at radius 3 is 2.67 bits per heavy atom. The molecule has 3 fully saturated rings. The Morgan fingerprint density at radius 1 is 1.04 bits per heavy atom. The van der Waals surface area contributed by atoms with Crippen LogP contribution in [0.25, 0.3) is 10.8 Å². The Morgan fingerprint density at radius 2 is 1.81 bits per heavy atom. The predicted molar refractivity (Wildman–Crippen MR) is 106 cm³/mol. The van der Waals surface area contributed by atoms with Crippen LogP contribution in [0.15, 0.2) is 54.6 Å². The van der Waals surface area contributed by atoms with Gasteiger partial charge in [-0.3, -0.25) is 0 Å². The molecule has 0 N–H and O–H groups in total. The molecule has 4 aliphatic rings. The molecule has 27 heavy (non-hydrogen) atoms. The van der Waals surface area contributed by atoms with Crippen LogP contribution in [-0.4, -0.2) is 12.6 Å². The number of hydrogen-bond acceptors (Lipinski definition) is 2. The first-order valence-electron chi connectivity index (χ1n) is 10.5. The number of esters is 1. The summed E-state index contributed by atoms with van der Waals surface area (Å²) in [5.74, 6) is 4.83. The molecule has 2 heteroatoms. The molecular weight excluding hydrogens is 332 g/mol. The molecule has 0 heterocycles. The highest BCUT2D eigenvalue weighted by molar-refractivity contribution is 5.95. The summed E-state index contributed by atoms with van der Waals surface area (Å²) in [7, 11) is 0. The fourth-order valence-electron chi connectivity index (χ4n) is 7.28. The Bertz CT molecular complexity index is 960. The molecule has 0 amide bonds. The van der Waals surface area contributed by atoms with Crippen molar-refractivity contribution in [2.45, 2.75) is 26.2 Å². The molecule has 2 aromatic rings. The van der Waals surface area contributed by atoms with Crippen molar-refractivity contribution in [2.24, 2.45) is 40.9 Å². The average Bonchev–Trinajstić information content (AvgIpc) is 3.44. The molecule has 138 valence electrons. The van der Waals surface area contributed by atoms with Crippen LogP contribution in [0, 0.1) is 40.9 Å². The standard InChI is InChI=1S/C25H26O2/c1-25(13-20-12-21(25)23-18-8-7-17(11-18)22(20)23)14-27-24(26)19-9-6-15-4-2-3-5-16(15)10-19/h2-10,17-18,20-23H,11-14H2,1H3. The van der Waals surface area contributed by atoms with Crippen LogP contribution in [0.2, 0.25) is 0 Å². The van der Waals surface area contributed by atoms with E-state index in [2.05, 4.69) is 25.1 Å². The number of hydrogen-bond donors (Lipinski definition) is 0. The van der Waals surface area contributed by atoms with Gasteiger partial charge in [0.05, 0.1) is 12.2 Å². The van der Waals surface area contributed by atoms with E-state index in [1.54, 1.807) is 0 Å². The third-order valence-electron chi connectivity index (χ3n) is 8.29. The molecule has 0 radical (unpaired) electrons. The highest BCUT2D eigenvalue weighted by Crippen LogP contribution is 2.70. The van der Waals surface area contributed by atoms with Crippen molar-refractivity contribution in [1.82, 2.24) is 0 Å². The normalized spacial score (nSPS) is 40.6. The zero-order valence-corrected chi connectivity index (χ0v) is 15.8. The lowest BCUT2D eigenvalue weighted by Crippen LogP contribution is -2.40. The van der Waals surface area contributed by atoms with Crippen molar-refractivity contribution < 1.29 is 9.53 Å². The SMILES string of the molecule is CC1(COC(=O)c2ccc3ccccc3c2)CC2CC1C1C3C=CC(C3)C21. The minimum Gasteiger partial charge on any atom is -0.462 e. The van der Waals surface area contributed by atoms with E-state index in [1.807, 2.05) is 36.4 Å². The van der Waals surface area contributed by atoms with Crippen LogP contribution >= 0.6 is 0 Å². The molecule has 7 unspecified atom stereocenters. The maximum absolute atomic E-state index is 12.7. The number of benzene rings is 2. The lowest BCUT2D eigenvalue weighted by atomic mass is 9.63. The van der Waals surface area contributed by atoms with Crippen molar-refractivity contribution in [1.29, 1.82) is 0 Å². The summed E-state index contributed by atoms with van der Waals surface area (Å²) in [6.45, 7) is 2.95. The summed E-state index contributed by atoms with van der Waals surface area (Å²) in [4.78, 5) is 12.7. The second-order valence-corrected chi connectivity index (χ2v) is 9.70. The lowest BCUT2D eigenvalue weighted by molar-refractivity contribution is -0.00561. The molecule has 4 aliphatic carbocycles. The van der Waals surface area contributed by atoms with E-state index in [1.165, 1.54) is 19.3 Å². The van der Waals surface area contributed by atoms with Gasteiger partial charge in [0.15, 0.2) is 0 Å². The monoisotopic (exact) mass is 358 g/mol. The zero-order valence-electron chi connectivity index (χ0n) is 15.8. The molecule has 0 spiro atoms. The van der Waals surface area contributed by atoms with Crippen LogP contribution in [0.1, 0.15) is 36.5 Å². The quantitative estimate of drug-likeness (QED) is 0.412. The van der Waals surface area contributed by atoms with Gasteiger partial charge < -0.3 is 4.74 Å². The molecule has 0 aliphatic heterocycles. The van der Waals surface area contributed by atoms with Gasteiger partial charge in [0.25, 0.3) is 0 Å². The average molecular weight is 358 g/mol. The molecule has 6 rings (SSSR count). The Balaban J connectivity index is 1.19. The van der Waals surface area contributed by atoms with Crippen LogP contribution < -0.4 is 0 Å². The Hall–Kier alpha value is -2.09. The van der Waals surface area contributed by atoms with Crippen molar-refractivity contribution in [2.75, 3.05) is 6.61 Å². The second kappa shape index (κ2) is 5.47. The molecule has 2 nitrogen and oxygen atoms in total. The molecule has 7 atom stereocenters. The van der Waals surface area contributed by atoms with Gasteiger partial charge in [-0.2, -0.15) is 0 Å². The maximum atomic E-state index is 12.7. The van der Waals surface area contributed by atoms with Crippen LogP contribution in [-0.2, 0) is 4.74 Å². The molecule has 3 saturated carbocycles. The number of ether oxygens (including phenoxy) is 1. The number of rotatable bonds is 3. The minimum atomic E-state index is -0.172. The molecule has 0 saturated heterocycles. The van der Waals surface area contributed by atoms with Crippen LogP contribution in [0.3, 0.4) is 0 Å². The molecule has 0 aromatic heterocycles. The van der Waals surface area contributed by atoms with Crippen molar-refractivity contribution in [3.05, 3.63) is 60.2 Å². The van der Waals surface area contributed by atoms with Crippen molar-refractivity contribution >= 4 is 16.7 Å². The van der Waals surface area contributed by atoms with Crippen LogP contribution in [0.5, 0.6) is 0 Å². The first-order chi connectivity index (χ1) is 13.1. The molecule has 4 bridgehead atoms. The highest BCUT2D eigenvalue weighted by atomic mass is 16.5. The summed E-state index contributed by atoms with van der Waals surface area (Å²) in [6, 6.07) is 14.0. The molecule has 2 aromatic carbocycles. The summed E-state index contributed by atoms with van der Waals surface area (Å²) < 4.78 is 5.89. The van der Waals surface area contributed by atoms with E-state index < -0.39 is 0 Å². The van der Waals surface area contributed by atoms with E-state index >= 15 is 0 Å². The first-order valence-corrected chi connectivity index (χ1v) is 10.5. The second-order valence-electron chi connectivity index (χ2n) is 9.70. The topological polar surface area (TPSA) is 26.3 Å². The largest absolute Gasteiger partial charge is 0.462 e. The smallest absolute Gasteiger partial charge is 0.338 e. The molecular formula is C25H26O2. The van der Waals surface area contributed by atoms with Crippen molar-refractivity contribution in [3.63, 3.8) is 0 Å². The maximum Gasteiger partial charge on any atom is 0.338 e. The third kappa shape index (κ3) is 2.22. The zero-order chi connectivity index (χ0) is 18.2. The van der Waals surface area contributed by atoms with E-state index in [4.69, 9.17) is 4.74 Å². The van der Waals surface area contributed by atoms with Gasteiger partial charge in [-0.05, 0) is 77.7 Å². The van der Waals surface area contributed by atoms with Gasteiger partial charge in [0.1, 0.15) is 0 Å². The van der Waals surface area contributed by atoms with Gasteiger partial charge in [-0.25, -0.2) is 4.79 Å². The minimum absolute atomic E-state index is 0.163. The van der Waals surface area contributed by atoms with Gasteiger partial charge in [0.2, 0.25) is 0 Å². The summed E-state index contributed by atoms with van der Waals surface area (Å²) in [5, 5.41) is 2.25. The Kier molecular flexibility index (Phi) is 3.22. The van der Waals surface area contributed by atoms with E-state index in [0.29, 0.717) is 12.2 Å². The number of fused-ring (bicyclic) bond motifs is 10. The van der Waals surface area contributed by atoms with E-state index in [0.717, 1.165) is 46.3 Å². The number of carbonyl (C=O) groups excluding carboxylic acids is 1. The number of carbonyl (C=O) groups is 1. The first kappa shape index (κ1) is 15.9. The van der Waals surface area contributed by atoms with Crippen LogP contribution in [0.4, 0.5) is 0 Å². The van der Waals surface area contributed by atoms with E-state index in [-0.39, 0.29) is 11.4 Å². The van der Waals surface area contributed by atoms with Gasteiger partial charge >= 0.3 is 5.97 Å². The lowest BCUT2D eigenvalue weighted by Gasteiger charge is -2.43. The van der Waals surface area contributed by atoms with Gasteiger partial charge in [0, 0.05) is 5.41 Å². The number of allylic oxidation sites excluding steroid dienone is 2. The Labute approximate surface area is 160 Å². The summed E-state index contributed by atoms with van der Waals surface area (Å²) in [6.07, 6.45) is 8.95.